The molecule has 0 spiro atoms. The van der Waals surface area contributed by atoms with Gasteiger partial charge < -0.3 is 10.4 Å². The number of aliphatic hydroxyl groups excluding tert-OH is 1. The highest BCUT2D eigenvalue weighted by Gasteiger charge is 2.21. The Labute approximate surface area is 63.7 Å². The van der Waals surface area contributed by atoms with Gasteiger partial charge in [0.05, 0.1) is 6.04 Å². The zero-order valence-corrected chi connectivity index (χ0v) is 5.74. The van der Waals surface area contributed by atoms with Crippen molar-refractivity contribution in [1.29, 1.82) is 0 Å². The monoisotopic (exact) mass is 149 g/mol. The van der Waals surface area contributed by atoms with Gasteiger partial charge in [-0.2, -0.15) is 0 Å². The first kappa shape index (κ1) is 6.22. The van der Waals surface area contributed by atoms with Crippen LogP contribution in [-0.4, -0.2) is 16.9 Å². The molecule has 1 atom stereocenters. The van der Waals surface area contributed by atoms with Gasteiger partial charge in [0, 0.05) is 0 Å². The number of ketones is 1. The van der Waals surface area contributed by atoms with Crippen molar-refractivity contribution < 1.29 is 9.90 Å². The van der Waals surface area contributed by atoms with Crippen molar-refractivity contribution in [3.63, 3.8) is 0 Å². The van der Waals surface area contributed by atoms with Crippen molar-refractivity contribution in [2.45, 2.75) is 6.04 Å². The zero-order chi connectivity index (χ0) is 7.84. The summed E-state index contributed by atoms with van der Waals surface area (Å²) in [5, 5.41) is 12.0. The molecule has 1 heterocycles. The van der Waals surface area contributed by atoms with Crippen LogP contribution in [-0.2, 0) is 4.79 Å². The van der Waals surface area contributed by atoms with E-state index in [2.05, 4.69) is 5.32 Å². The second kappa shape index (κ2) is 1.99. The number of allylic oxidation sites excluding steroid dienone is 1. The molecule has 0 bridgehead atoms. The fourth-order valence-electron chi connectivity index (χ4n) is 1.20. The minimum absolute atomic E-state index is 0.00676. The van der Waals surface area contributed by atoms with Gasteiger partial charge in [-0.25, -0.2) is 0 Å². The number of aliphatic hydroxyl groups is 1. The zero-order valence-electron chi connectivity index (χ0n) is 5.74. The van der Waals surface area contributed by atoms with E-state index in [4.69, 9.17) is 5.11 Å². The molecule has 1 unspecified atom stereocenters. The average molecular weight is 149 g/mol. The van der Waals surface area contributed by atoms with Crippen LogP contribution in [0.2, 0.25) is 0 Å². The molecular formula is C8H7NO2. The topological polar surface area (TPSA) is 49.3 Å². The molecule has 0 aromatic rings. The van der Waals surface area contributed by atoms with Gasteiger partial charge in [-0.1, -0.05) is 0 Å². The second-order valence-corrected chi connectivity index (χ2v) is 2.54. The second-order valence-electron chi connectivity index (χ2n) is 2.54. The molecule has 1 aliphatic carbocycles. The van der Waals surface area contributed by atoms with Crippen LogP contribution >= 0.6 is 0 Å². The lowest BCUT2D eigenvalue weighted by molar-refractivity contribution is -0.113. The Morgan fingerprint density at radius 2 is 2.36 bits per heavy atom. The van der Waals surface area contributed by atoms with E-state index in [1.165, 1.54) is 12.2 Å². The molecule has 2 aliphatic rings. The van der Waals surface area contributed by atoms with Gasteiger partial charge in [-0.15, -0.1) is 0 Å². The molecule has 0 amide bonds. The lowest BCUT2D eigenvalue weighted by atomic mass is 10.0. The number of hydrogen-bond donors (Lipinski definition) is 2. The highest BCUT2D eigenvalue weighted by molar-refractivity contribution is 6.04. The maximum Gasteiger partial charge on any atom is 0.220 e. The lowest BCUT2D eigenvalue weighted by Crippen LogP contribution is -2.23. The van der Waals surface area contributed by atoms with Gasteiger partial charge in [0.1, 0.15) is 0 Å². The highest BCUT2D eigenvalue weighted by atomic mass is 16.3. The van der Waals surface area contributed by atoms with Crippen LogP contribution in [0.25, 0.3) is 0 Å². The van der Waals surface area contributed by atoms with E-state index < -0.39 is 0 Å². The molecule has 3 nitrogen and oxygen atoms in total. The molecule has 0 aromatic carbocycles. The summed E-state index contributed by atoms with van der Waals surface area (Å²) in [4.78, 5) is 10.9. The molecule has 2 N–H and O–H groups in total. The molecule has 0 fully saturated rings. The first-order valence-electron chi connectivity index (χ1n) is 3.37. The van der Waals surface area contributed by atoms with Crippen molar-refractivity contribution >= 4 is 5.78 Å². The molecule has 11 heavy (non-hydrogen) atoms. The van der Waals surface area contributed by atoms with E-state index in [0.717, 1.165) is 5.57 Å². The summed E-state index contributed by atoms with van der Waals surface area (Å²) in [6, 6.07) is -0.00676. The minimum atomic E-state index is -0.315. The largest absolute Gasteiger partial charge is 0.504 e. The summed E-state index contributed by atoms with van der Waals surface area (Å²) >= 11 is 0. The van der Waals surface area contributed by atoms with Crippen LogP contribution in [0.4, 0.5) is 0 Å². The number of carbonyl (C=O) groups excluding carboxylic acids is 1. The van der Waals surface area contributed by atoms with Crippen LogP contribution in [0, 0.1) is 0 Å². The van der Waals surface area contributed by atoms with Crippen molar-refractivity contribution in [2.75, 3.05) is 0 Å². The molecule has 56 valence electrons. The first-order chi connectivity index (χ1) is 5.27. The van der Waals surface area contributed by atoms with E-state index in [9.17, 15) is 4.79 Å². The number of rotatable bonds is 0. The van der Waals surface area contributed by atoms with Gasteiger partial charge in [0.25, 0.3) is 0 Å². The summed E-state index contributed by atoms with van der Waals surface area (Å²) in [7, 11) is 0. The van der Waals surface area contributed by atoms with Crippen molar-refractivity contribution in [1.82, 2.24) is 5.32 Å². The van der Waals surface area contributed by atoms with Gasteiger partial charge in [0.15, 0.2) is 5.76 Å². The van der Waals surface area contributed by atoms with Gasteiger partial charge >= 0.3 is 0 Å². The number of fused-ring (bicyclic) bond motifs is 1. The lowest BCUT2D eigenvalue weighted by Gasteiger charge is -2.12. The quantitative estimate of drug-likeness (QED) is 0.525. The molecule has 1 aliphatic heterocycles. The maximum absolute atomic E-state index is 10.9. The van der Waals surface area contributed by atoms with Crippen LogP contribution < -0.4 is 5.32 Å². The third kappa shape index (κ3) is 0.852. The van der Waals surface area contributed by atoms with E-state index in [-0.39, 0.29) is 17.6 Å². The van der Waals surface area contributed by atoms with Gasteiger partial charge in [-0.05, 0) is 30.0 Å². The Bertz CT molecular complexity index is 299. The Kier molecular flexibility index (Phi) is 1.12. The van der Waals surface area contributed by atoms with E-state index in [1.807, 2.05) is 6.08 Å². The summed E-state index contributed by atoms with van der Waals surface area (Å²) in [6.45, 7) is 0. The maximum atomic E-state index is 10.9. The minimum Gasteiger partial charge on any atom is -0.504 e. The van der Waals surface area contributed by atoms with Gasteiger partial charge in [-0.3, -0.25) is 4.79 Å². The predicted molar refractivity (Wildman–Crippen MR) is 39.9 cm³/mol. The normalized spacial score (nSPS) is 27.3. The number of nitrogens with one attached hydrogen (secondary N) is 1. The van der Waals surface area contributed by atoms with Crippen molar-refractivity contribution in [2.24, 2.45) is 0 Å². The number of carbonyl (C=O) groups is 1. The Hall–Kier alpha value is -1.51. The van der Waals surface area contributed by atoms with Crippen molar-refractivity contribution in [3.05, 3.63) is 35.8 Å². The van der Waals surface area contributed by atoms with Gasteiger partial charge in [0.2, 0.25) is 5.78 Å². The van der Waals surface area contributed by atoms with Crippen LogP contribution in [0.3, 0.4) is 0 Å². The standard InChI is InChI=1S/C8H7NO2/c10-7-3-5-1-2-9-6(5)4-8(7)11/h1-4,6,9,11H. The summed E-state index contributed by atoms with van der Waals surface area (Å²) in [6.07, 6.45) is 6.54. The summed E-state index contributed by atoms with van der Waals surface area (Å²) in [5.41, 5.74) is 0.910. The van der Waals surface area contributed by atoms with E-state index >= 15 is 0 Å². The summed E-state index contributed by atoms with van der Waals surface area (Å²) < 4.78 is 0. The Balaban J connectivity index is 2.39. The third-order valence-electron chi connectivity index (χ3n) is 1.79. The van der Waals surface area contributed by atoms with Crippen molar-refractivity contribution in [3.8, 4) is 0 Å². The molecule has 0 saturated carbocycles. The number of hydrogen-bond acceptors (Lipinski definition) is 3. The van der Waals surface area contributed by atoms with Crippen LogP contribution in [0.5, 0.6) is 0 Å². The first-order valence-corrected chi connectivity index (χ1v) is 3.37. The Morgan fingerprint density at radius 1 is 1.55 bits per heavy atom. The molecule has 2 rings (SSSR count). The fourth-order valence-corrected chi connectivity index (χ4v) is 1.20. The molecule has 0 radical (unpaired) electrons. The summed E-state index contributed by atoms with van der Waals surface area (Å²) in [5.74, 6) is -0.487. The van der Waals surface area contributed by atoms with E-state index in [0.29, 0.717) is 0 Å². The molecular weight excluding hydrogens is 142 g/mol. The van der Waals surface area contributed by atoms with E-state index in [1.54, 1.807) is 6.20 Å². The molecule has 0 saturated heterocycles. The third-order valence-corrected chi connectivity index (χ3v) is 1.79. The average Bonchev–Trinajstić information content (AvgIpc) is 2.36. The highest BCUT2D eigenvalue weighted by Crippen LogP contribution is 2.18. The predicted octanol–water partition coefficient (Wildman–Crippen LogP) is 0.423. The SMILES string of the molecule is O=C1C=C2C=CNC2C=C1O. The van der Waals surface area contributed by atoms with Crippen LogP contribution in [0.15, 0.2) is 35.8 Å². The molecule has 3 heteroatoms. The fraction of sp³-hybridized carbons (Fsp3) is 0.125. The smallest absolute Gasteiger partial charge is 0.220 e. The van der Waals surface area contributed by atoms with Crippen LogP contribution in [0.1, 0.15) is 0 Å². The Morgan fingerprint density at radius 3 is 3.18 bits per heavy atom. The molecule has 0 aromatic heterocycles.